The predicted octanol–water partition coefficient (Wildman–Crippen LogP) is 4.18. The van der Waals surface area contributed by atoms with Gasteiger partial charge in [0.05, 0.1) is 11.1 Å². The summed E-state index contributed by atoms with van der Waals surface area (Å²) in [6, 6.07) is 18.6. The number of hydrogen-bond acceptors (Lipinski definition) is 4. The Bertz CT molecular complexity index is 976. The van der Waals surface area contributed by atoms with Crippen LogP contribution in [0.2, 0.25) is 5.15 Å². The van der Waals surface area contributed by atoms with Gasteiger partial charge in [-0.3, -0.25) is 4.79 Å². The first-order valence-electron chi connectivity index (χ1n) is 9.08. The molecule has 6 heteroatoms. The minimum atomic E-state index is -0.604. The third-order valence-corrected chi connectivity index (χ3v) is 4.55. The van der Waals surface area contributed by atoms with E-state index in [0.717, 1.165) is 12.8 Å². The number of rotatable bonds is 7. The smallest absolute Gasteiger partial charge is 0.339 e. The summed E-state index contributed by atoms with van der Waals surface area (Å²) < 4.78 is 5.18. The standard InChI is InChI=1S/C22H21ClN2O3/c1-15(11-12-16-7-3-2-4-8-16)24-21(26)14-28-22(27)18-13-20(23)25-19-10-6-5-9-17(18)19/h2-10,13,15H,11-12,14H2,1H3,(H,24,26)/t15-/m0/s1. The minimum absolute atomic E-state index is 0.0254. The second-order valence-corrected chi connectivity index (χ2v) is 6.97. The van der Waals surface area contributed by atoms with Crippen LogP contribution in [0.5, 0.6) is 0 Å². The molecule has 0 unspecified atom stereocenters. The first-order valence-corrected chi connectivity index (χ1v) is 9.46. The Labute approximate surface area is 168 Å². The Morgan fingerprint density at radius 1 is 1.11 bits per heavy atom. The van der Waals surface area contributed by atoms with E-state index in [1.165, 1.54) is 11.6 Å². The molecule has 144 valence electrons. The molecule has 5 nitrogen and oxygen atoms in total. The first-order chi connectivity index (χ1) is 13.5. The highest BCUT2D eigenvalue weighted by molar-refractivity contribution is 6.30. The van der Waals surface area contributed by atoms with E-state index in [4.69, 9.17) is 16.3 Å². The molecule has 0 bridgehead atoms. The van der Waals surface area contributed by atoms with E-state index in [0.29, 0.717) is 16.5 Å². The lowest BCUT2D eigenvalue weighted by Gasteiger charge is -2.14. The van der Waals surface area contributed by atoms with E-state index >= 15 is 0 Å². The number of amides is 1. The number of para-hydroxylation sites is 1. The molecule has 0 radical (unpaired) electrons. The molecular formula is C22H21ClN2O3. The van der Waals surface area contributed by atoms with Gasteiger partial charge in [-0.1, -0.05) is 60.1 Å². The summed E-state index contributed by atoms with van der Waals surface area (Å²) in [5.74, 6) is -0.939. The Morgan fingerprint density at radius 2 is 1.82 bits per heavy atom. The monoisotopic (exact) mass is 396 g/mol. The highest BCUT2D eigenvalue weighted by Crippen LogP contribution is 2.21. The number of nitrogens with zero attached hydrogens (tertiary/aromatic N) is 1. The molecule has 0 aliphatic heterocycles. The lowest BCUT2D eigenvalue weighted by Crippen LogP contribution is -2.36. The van der Waals surface area contributed by atoms with Crippen molar-refractivity contribution in [3.8, 4) is 0 Å². The van der Waals surface area contributed by atoms with Gasteiger partial charge in [-0.15, -0.1) is 0 Å². The number of pyridine rings is 1. The SMILES string of the molecule is C[C@@H](CCc1ccccc1)NC(=O)COC(=O)c1cc(Cl)nc2ccccc12. The second-order valence-electron chi connectivity index (χ2n) is 6.58. The molecule has 1 atom stereocenters. The van der Waals surface area contributed by atoms with Crippen LogP contribution in [0.25, 0.3) is 10.9 Å². The Balaban J connectivity index is 1.52. The fourth-order valence-corrected chi connectivity index (χ4v) is 3.14. The first kappa shape index (κ1) is 19.8. The average molecular weight is 397 g/mol. The lowest BCUT2D eigenvalue weighted by molar-refractivity contribution is -0.124. The summed E-state index contributed by atoms with van der Waals surface area (Å²) in [4.78, 5) is 28.7. The minimum Gasteiger partial charge on any atom is -0.452 e. The molecule has 0 saturated heterocycles. The van der Waals surface area contributed by atoms with Crippen molar-refractivity contribution in [1.29, 1.82) is 0 Å². The number of benzene rings is 2. The van der Waals surface area contributed by atoms with Gasteiger partial charge in [0.15, 0.2) is 6.61 Å². The van der Waals surface area contributed by atoms with Crippen molar-refractivity contribution in [3.63, 3.8) is 0 Å². The molecule has 0 aliphatic carbocycles. The Kier molecular flexibility index (Phi) is 6.61. The molecule has 0 fully saturated rings. The summed E-state index contributed by atoms with van der Waals surface area (Å²) in [7, 11) is 0. The van der Waals surface area contributed by atoms with Crippen LogP contribution >= 0.6 is 11.6 Å². The third kappa shape index (κ3) is 5.30. The van der Waals surface area contributed by atoms with Crippen LogP contribution in [0.4, 0.5) is 0 Å². The van der Waals surface area contributed by atoms with E-state index < -0.39 is 5.97 Å². The number of halogens is 1. The van der Waals surface area contributed by atoms with E-state index in [9.17, 15) is 9.59 Å². The summed E-state index contributed by atoms with van der Waals surface area (Å²) >= 11 is 5.99. The van der Waals surface area contributed by atoms with Gasteiger partial charge in [-0.05, 0) is 37.5 Å². The molecule has 3 aromatic rings. The Hall–Kier alpha value is -2.92. The zero-order valence-corrected chi connectivity index (χ0v) is 16.3. The quantitative estimate of drug-likeness (QED) is 0.480. The normalized spacial score (nSPS) is 11.8. The van der Waals surface area contributed by atoms with Crippen molar-refractivity contribution in [1.82, 2.24) is 10.3 Å². The maximum absolute atomic E-state index is 12.4. The maximum Gasteiger partial charge on any atom is 0.339 e. The van der Waals surface area contributed by atoms with Crippen molar-refractivity contribution >= 4 is 34.4 Å². The van der Waals surface area contributed by atoms with Crippen LogP contribution in [-0.2, 0) is 16.0 Å². The largest absolute Gasteiger partial charge is 0.452 e. The number of hydrogen-bond donors (Lipinski definition) is 1. The van der Waals surface area contributed by atoms with Crippen molar-refractivity contribution in [3.05, 3.63) is 76.9 Å². The topological polar surface area (TPSA) is 68.3 Å². The van der Waals surface area contributed by atoms with Crippen LogP contribution in [-0.4, -0.2) is 29.5 Å². The molecule has 28 heavy (non-hydrogen) atoms. The molecule has 1 N–H and O–H groups in total. The summed E-state index contributed by atoms with van der Waals surface area (Å²) in [5.41, 5.74) is 2.11. The van der Waals surface area contributed by atoms with Gasteiger partial charge in [0.1, 0.15) is 5.15 Å². The van der Waals surface area contributed by atoms with Crippen molar-refractivity contribution in [2.24, 2.45) is 0 Å². The molecule has 1 aromatic heterocycles. The van der Waals surface area contributed by atoms with E-state index in [2.05, 4.69) is 22.4 Å². The number of carbonyl (C=O) groups excluding carboxylic acids is 2. The van der Waals surface area contributed by atoms with Gasteiger partial charge >= 0.3 is 5.97 Å². The van der Waals surface area contributed by atoms with E-state index in [1.54, 1.807) is 18.2 Å². The molecule has 3 rings (SSSR count). The van der Waals surface area contributed by atoms with Gasteiger partial charge in [0, 0.05) is 11.4 Å². The predicted molar refractivity (Wildman–Crippen MR) is 109 cm³/mol. The second kappa shape index (κ2) is 9.33. The van der Waals surface area contributed by atoms with Gasteiger partial charge < -0.3 is 10.1 Å². The molecule has 1 heterocycles. The molecule has 0 aliphatic rings. The summed E-state index contributed by atoms with van der Waals surface area (Å²) in [5, 5.41) is 3.68. The third-order valence-electron chi connectivity index (χ3n) is 4.36. The zero-order chi connectivity index (χ0) is 19.9. The maximum atomic E-state index is 12.4. The van der Waals surface area contributed by atoms with Gasteiger partial charge in [-0.25, -0.2) is 9.78 Å². The van der Waals surface area contributed by atoms with Crippen LogP contribution in [0.15, 0.2) is 60.7 Å². The van der Waals surface area contributed by atoms with Gasteiger partial charge in [0.25, 0.3) is 5.91 Å². The highest BCUT2D eigenvalue weighted by Gasteiger charge is 2.16. The lowest BCUT2D eigenvalue weighted by atomic mass is 10.1. The number of esters is 1. The van der Waals surface area contributed by atoms with Crippen LogP contribution in [0, 0.1) is 0 Å². The van der Waals surface area contributed by atoms with Crippen LogP contribution < -0.4 is 5.32 Å². The fourth-order valence-electron chi connectivity index (χ4n) is 2.94. The van der Waals surface area contributed by atoms with Crippen LogP contribution in [0.3, 0.4) is 0 Å². The highest BCUT2D eigenvalue weighted by atomic mass is 35.5. The number of fused-ring (bicyclic) bond motifs is 1. The van der Waals surface area contributed by atoms with Gasteiger partial charge in [-0.2, -0.15) is 0 Å². The van der Waals surface area contributed by atoms with Crippen molar-refractivity contribution in [2.75, 3.05) is 6.61 Å². The number of ether oxygens (including phenoxy) is 1. The van der Waals surface area contributed by atoms with E-state index in [-0.39, 0.29) is 23.7 Å². The zero-order valence-electron chi connectivity index (χ0n) is 15.5. The number of aromatic nitrogens is 1. The molecular weight excluding hydrogens is 376 g/mol. The number of carbonyl (C=O) groups is 2. The Morgan fingerprint density at radius 3 is 2.61 bits per heavy atom. The fraction of sp³-hybridized carbons (Fsp3) is 0.227. The van der Waals surface area contributed by atoms with Gasteiger partial charge in [0.2, 0.25) is 0 Å². The number of nitrogens with one attached hydrogen (secondary N) is 1. The van der Waals surface area contributed by atoms with Crippen molar-refractivity contribution in [2.45, 2.75) is 25.8 Å². The van der Waals surface area contributed by atoms with Crippen molar-refractivity contribution < 1.29 is 14.3 Å². The van der Waals surface area contributed by atoms with Crippen LogP contribution in [0.1, 0.15) is 29.3 Å². The molecule has 0 saturated carbocycles. The average Bonchev–Trinajstić information content (AvgIpc) is 2.70. The molecule has 1 amide bonds. The number of aryl methyl sites for hydroxylation is 1. The molecule has 0 spiro atoms. The summed E-state index contributed by atoms with van der Waals surface area (Å²) in [6.45, 7) is 1.58. The molecule has 2 aromatic carbocycles. The summed E-state index contributed by atoms with van der Waals surface area (Å²) in [6.07, 6.45) is 1.66. The van der Waals surface area contributed by atoms with E-state index in [1.807, 2.05) is 31.2 Å².